The highest BCUT2D eigenvalue weighted by Gasteiger charge is 2.34. The molecule has 2 aromatic rings. The second-order valence-electron chi connectivity index (χ2n) is 4.83. The van der Waals surface area contributed by atoms with Crippen LogP contribution >= 0.6 is 0 Å². The minimum atomic E-state index is -4.69. The van der Waals surface area contributed by atoms with Crippen LogP contribution in [0.1, 0.15) is 12.5 Å². The highest BCUT2D eigenvalue weighted by atomic mass is 19.4. The first kappa shape index (κ1) is 17.6. The van der Waals surface area contributed by atoms with Gasteiger partial charge in [0.25, 0.3) is 0 Å². The summed E-state index contributed by atoms with van der Waals surface area (Å²) in [6.07, 6.45) is -6.04. The van der Waals surface area contributed by atoms with E-state index in [9.17, 15) is 18.0 Å². The number of fused-ring (bicyclic) bond motifs is 1. The predicted molar refractivity (Wildman–Crippen MR) is 77.6 cm³/mol. The van der Waals surface area contributed by atoms with Crippen molar-refractivity contribution in [2.45, 2.75) is 19.2 Å². The number of benzene rings is 1. The van der Waals surface area contributed by atoms with E-state index in [1.807, 2.05) is 0 Å². The van der Waals surface area contributed by atoms with Gasteiger partial charge in [-0.25, -0.2) is 9.78 Å². The molecule has 1 heterocycles. The fraction of sp³-hybridized carbons (Fsp3) is 0.333. The quantitative estimate of drug-likeness (QED) is 0.897. The Hall–Kier alpha value is -2.71. The van der Waals surface area contributed by atoms with Gasteiger partial charge in [0.15, 0.2) is 17.6 Å². The molecule has 1 unspecified atom stereocenters. The SMILES string of the molecule is COc1cc2nc(OC(C)C(=O)O)cc(C(F)(F)F)c2cc1OC. The fourth-order valence-corrected chi connectivity index (χ4v) is 2.06. The molecule has 6 nitrogen and oxygen atoms in total. The van der Waals surface area contributed by atoms with Crippen molar-refractivity contribution in [1.29, 1.82) is 0 Å². The number of methoxy groups -OCH3 is 2. The minimum Gasteiger partial charge on any atom is -0.493 e. The lowest BCUT2D eigenvalue weighted by Gasteiger charge is -2.16. The van der Waals surface area contributed by atoms with Crippen molar-refractivity contribution >= 4 is 16.9 Å². The summed E-state index contributed by atoms with van der Waals surface area (Å²) in [6.45, 7) is 1.19. The Kier molecular flexibility index (Phi) is 4.72. The summed E-state index contributed by atoms with van der Waals surface area (Å²) in [6, 6.07) is 3.09. The Morgan fingerprint density at radius 1 is 1.17 bits per heavy atom. The van der Waals surface area contributed by atoms with Crippen LogP contribution in [0.4, 0.5) is 13.2 Å². The molecule has 0 saturated heterocycles. The number of carbonyl (C=O) groups is 1. The molecule has 0 aliphatic carbocycles. The van der Waals surface area contributed by atoms with E-state index in [0.29, 0.717) is 6.07 Å². The standard InChI is InChI=1S/C15H14F3NO5/c1-7(14(20)21)24-13-5-9(15(16,17)18)8-4-11(22-2)12(23-3)6-10(8)19-13/h4-7H,1-3H3,(H,20,21). The Labute approximate surface area is 134 Å². The van der Waals surface area contributed by atoms with Crippen LogP contribution < -0.4 is 14.2 Å². The van der Waals surface area contributed by atoms with Crippen LogP contribution in [0.2, 0.25) is 0 Å². The summed E-state index contributed by atoms with van der Waals surface area (Å²) in [5.41, 5.74) is -1.07. The van der Waals surface area contributed by atoms with Crippen molar-refractivity contribution in [2.24, 2.45) is 0 Å². The van der Waals surface area contributed by atoms with Crippen LogP contribution in [0.5, 0.6) is 17.4 Å². The number of hydrogen-bond acceptors (Lipinski definition) is 5. The van der Waals surface area contributed by atoms with Gasteiger partial charge in [0.05, 0.1) is 25.3 Å². The van der Waals surface area contributed by atoms with Crippen LogP contribution in [0.3, 0.4) is 0 Å². The summed E-state index contributed by atoms with van der Waals surface area (Å²) >= 11 is 0. The van der Waals surface area contributed by atoms with E-state index >= 15 is 0 Å². The van der Waals surface area contributed by atoms with E-state index in [0.717, 1.165) is 6.07 Å². The summed E-state index contributed by atoms with van der Waals surface area (Å²) in [4.78, 5) is 14.8. The molecule has 0 saturated carbocycles. The molecule has 130 valence electrons. The van der Waals surface area contributed by atoms with Gasteiger partial charge in [-0.1, -0.05) is 0 Å². The first-order valence-corrected chi connectivity index (χ1v) is 6.70. The highest BCUT2D eigenvalue weighted by Crippen LogP contribution is 2.40. The first-order valence-electron chi connectivity index (χ1n) is 6.70. The van der Waals surface area contributed by atoms with Crippen LogP contribution in [-0.2, 0) is 11.0 Å². The minimum absolute atomic E-state index is 0.0601. The Morgan fingerprint density at radius 3 is 2.25 bits per heavy atom. The van der Waals surface area contributed by atoms with Crippen LogP contribution in [-0.4, -0.2) is 36.4 Å². The number of aromatic nitrogens is 1. The molecular weight excluding hydrogens is 331 g/mol. The zero-order chi connectivity index (χ0) is 18.1. The largest absolute Gasteiger partial charge is 0.493 e. The second kappa shape index (κ2) is 6.42. The average Bonchev–Trinajstić information content (AvgIpc) is 2.51. The predicted octanol–water partition coefficient (Wildman–Crippen LogP) is 3.12. The molecule has 1 N–H and O–H groups in total. The number of aliphatic carboxylic acids is 1. The van der Waals surface area contributed by atoms with Crippen LogP contribution in [0, 0.1) is 0 Å². The van der Waals surface area contributed by atoms with Crippen molar-refractivity contribution < 1.29 is 37.3 Å². The Balaban J connectivity index is 2.70. The monoisotopic (exact) mass is 345 g/mol. The maximum Gasteiger partial charge on any atom is 0.417 e. The number of halogens is 3. The molecule has 1 aromatic heterocycles. The second-order valence-corrected chi connectivity index (χ2v) is 4.83. The van der Waals surface area contributed by atoms with Crippen molar-refractivity contribution in [3.8, 4) is 17.4 Å². The topological polar surface area (TPSA) is 77.9 Å². The van der Waals surface area contributed by atoms with Gasteiger partial charge in [0.2, 0.25) is 5.88 Å². The molecule has 0 radical (unpaired) electrons. The fourth-order valence-electron chi connectivity index (χ4n) is 2.06. The van der Waals surface area contributed by atoms with Crippen molar-refractivity contribution in [2.75, 3.05) is 14.2 Å². The number of alkyl halides is 3. The van der Waals surface area contributed by atoms with Gasteiger partial charge in [-0.05, 0) is 13.0 Å². The average molecular weight is 345 g/mol. The molecule has 9 heteroatoms. The number of carboxylic acids is 1. The van der Waals surface area contributed by atoms with Gasteiger partial charge in [-0.3, -0.25) is 0 Å². The van der Waals surface area contributed by atoms with E-state index in [4.69, 9.17) is 19.3 Å². The van der Waals surface area contributed by atoms with E-state index in [2.05, 4.69) is 4.98 Å². The maximum atomic E-state index is 13.3. The molecule has 0 amide bonds. The Bertz CT molecular complexity index is 776. The molecule has 1 atom stereocenters. The summed E-state index contributed by atoms with van der Waals surface area (Å²) in [5.74, 6) is -1.46. The van der Waals surface area contributed by atoms with Gasteiger partial charge in [0, 0.05) is 17.5 Å². The Morgan fingerprint density at radius 2 is 1.75 bits per heavy atom. The molecule has 0 bridgehead atoms. The van der Waals surface area contributed by atoms with Gasteiger partial charge < -0.3 is 19.3 Å². The number of nitrogens with zero attached hydrogens (tertiary/aromatic N) is 1. The summed E-state index contributed by atoms with van der Waals surface area (Å²) in [7, 11) is 2.64. The molecule has 2 rings (SSSR count). The number of pyridine rings is 1. The van der Waals surface area contributed by atoms with Crippen LogP contribution in [0.25, 0.3) is 10.9 Å². The molecule has 0 fully saturated rings. The molecule has 0 aliphatic heterocycles. The molecular formula is C15H14F3NO5. The molecule has 0 spiro atoms. The normalized spacial score (nSPS) is 12.8. The van der Waals surface area contributed by atoms with Gasteiger partial charge in [-0.15, -0.1) is 0 Å². The van der Waals surface area contributed by atoms with Crippen molar-refractivity contribution in [3.05, 3.63) is 23.8 Å². The molecule has 24 heavy (non-hydrogen) atoms. The summed E-state index contributed by atoms with van der Waals surface area (Å²) in [5, 5.41) is 8.61. The lowest BCUT2D eigenvalue weighted by molar-refractivity contribution is -0.144. The maximum absolute atomic E-state index is 13.3. The lowest BCUT2D eigenvalue weighted by atomic mass is 10.1. The van der Waals surface area contributed by atoms with Crippen molar-refractivity contribution in [3.63, 3.8) is 0 Å². The lowest BCUT2D eigenvalue weighted by Crippen LogP contribution is -2.23. The number of carboxylic acid groups (broad SMARTS) is 1. The molecule has 0 aliphatic rings. The number of hydrogen-bond donors (Lipinski definition) is 1. The highest BCUT2D eigenvalue weighted by molar-refractivity contribution is 5.87. The first-order chi connectivity index (χ1) is 11.2. The van der Waals surface area contributed by atoms with Crippen molar-refractivity contribution in [1.82, 2.24) is 4.98 Å². The summed E-state index contributed by atoms with van der Waals surface area (Å²) < 4.78 is 55.0. The van der Waals surface area contributed by atoms with Gasteiger partial charge >= 0.3 is 12.1 Å². The number of ether oxygens (including phenoxy) is 3. The van der Waals surface area contributed by atoms with Gasteiger partial charge in [-0.2, -0.15) is 13.2 Å². The van der Waals surface area contributed by atoms with E-state index in [1.165, 1.54) is 27.2 Å². The van der Waals surface area contributed by atoms with Gasteiger partial charge in [0.1, 0.15) is 0 Å². The zero-order valence-electron chi connectivity index (χ0n) is 13.0. The van der Waals surface area contributed by atoms with E-state index in [1.54, 1.807) is 0 Å². The third-order valence-electron chi connectivity index (χ3n) is 3.24. The zero-order valence-corrected chi connectivity index (χ0v) is 13.0. The number of rotatable bonds is 5. The van der Waals surface area contributed by atoms with E-state index < -0.39 is 29.7 Å². The smallest absolute Gasteiger partial charge is 0.417 e. The van der Waals surface area contributed by atoms with E-state index in [-0.39, 0.29) is 22.4 Å². The third kappa shape index (κ3) is 3.44. The molecule has 1 aromatic carbocycles. The van der Waals surface area contributed by atoms with Crippen LogP contribution in [0.15, 0.2) is 18.2 Å². The third-order valence-corrected chi connectivity index (χ3v) is 3.24.